The number of allylic oxidation sites excluding steroid dienone is 1. The molecule has 0 amide bonds. The Morgan fingerprint density at radius 3 is 1.81 bits per heavy atom. The summed E-state index contributed by atoms with van der Waals surface area (Å²) in [5.41, 5.74) is 0. The molecule has 0 rings (SSSR count). The van der Waals surface area contributed by atoms with E-state index < -0.39 is 0 Å². The average Bonchev–Trinajstić information content (AvgIpc) is 2.26. The highest BCUT2D eigenvalue weighted by Gasteiger charge is 2.05. The van der Waals surface area contributed by atoms with E-state index in [-0.39, 0.29) is 0 Å². The molecule has 0 nitrogen and oxygen atoms in total. The molecule has 0 aliphatic carbocycles. The number of unbranched alkanes of at least 4 members (excludes halogenated alkanes) is 7. The van der Waals surface area contributed by atoms with Crippen LogP contribution in [0.2, 0.25) is 0 Å². The van der Waals surface area contributed by atoms with E-state index in [2.05, 4.69) is 27.4 Å². The zero-order valence-corrected chi connectivity index (χ0v) is 11.8. The van der Waals surface area contributed by atoms with Crippen molar-refractivity contribution in [1.29, 1.82) is 0 Å². The van der Waals surface area contributed by atoms with Gasteiger partial charge in [0.25, 0.3) is 0 Å². The van der Waals surface area contributed by atoms with Crippen molar-refractivity contribution in [3.8, 4) is 0 Å². The molecule has 1 atom stereocenters. The summed E-state index contributed by atoms with van der Waals surface area (Å²) in [6.07, 6.45) is 14.6. The first-order valence-corrected chi connectivity index (χ1v) is 7.29. The summed E-state index contributed by atoms with van der Waals surface area (Å²) in [5, 5.41) is 0. The van der Waals surface area contributed by atoms with Crippen LogP contribution in [0.1, 0.15) is 78.6 Å². The largest absolute Gasteiger partial charge is 0.103 e. The highest BCUT2D eigenvalue weighted by atomic mass is 14.1. The van der Waals surface area contributed by atoms with Crippen molar-refractivity contribution < 1.29 is 0 Å². The summed E-state index contributed by atoms with van der Waals surface area (Å²) in [4.78, 5) is 0. The van der Waals surface area contributed by atoms with Crippen LogP contribution >= 0.6 is 0 Å². The standard InChI is InChI=1S/C16H32/c1-5-6-7-8-9-10-11-12-13-14-16(4)15(2)3/h5,15-16H,1,6-14H2,2-4H3. The Hall–Kier alpha value is -0.260. The Balaban J connectivity index is 3.06. The molecule has 0 radical (unpaired) electrons. The molecule has 0 aliphatic rings. The van der Waals surface area contributed by atoms with Gasteiger partial charge in [-0.15, -0.1) is 6.58 Å². The van der Waals surface area contributed by atoms with Crippen molar-refractivity contribution in [2.45, 2.75) is 78.6 Å². The molecule has 0 spiro atoms. The molecule has 0 aromatic carbocycles. The van der Waals surface area contributed by atoms with E-state index >= 15 is 0 Å². The topological polar surface area (TPSA) is 0 Å². The van der Waals surface area contributed by atoms with Crippen molar-refractivity contribution >= 4 is 0 Å². The van der Waals surface area contributed by atoms with Gasteiger partial charge in [0, 0.05) is 0 Å². The van der Waals surface area contributed by atoms with Gasteiger partial charge >= 0.3 is 0 Å². The van der Waals surface area contributed by atoms with E-state index in [1.807, 2.05) is 6.08 Å². The fourth-order valence-electron chi connectivity index (χ4n) is 1.97. The van der Waals surface area contributed by atoms with E-state index in [1.165, 1.54) is 57.8 Å². The van der Waals surface area contributed by atoms with Gasteiger partial charge in [0.1, 0.15) is 0 Å². The molecular weight excluding hydrogens is 192 g/mol. The Labute approximate surface area is 104 Å². The van der Waals surface area contributed by atoms with Gasteiger partial charge in [0.05, 0.1) is 0 Å². The van der Waals surface area contributed by atoms with Crippen molar-refractivity contribution in [2.75, 3.05) is 0 Å². The van der Waals surface area contributed by atoms with Gasteiger partial charge in [0.2, 0.25) is 0 Å². The summed E-state index contributed by atoms with van der Waals surface area (Å²) >= 11 is 0. The van der Waals surface area contributed by atoms with Crippen LogP contribution in [0.4, 0.5) is 0 Å². The maximum absolute atomic E-state index is 3.75. The summed E-state index contributed by atoms with van der Waals surface area (Å²) in [6, 6.07) is 0. The van der Waals surface area contributed by atoms with E-state index in [0.717, 1.165) is 11.8 Å². The van der Waals surface area contributed by atoms with Crippen molar-refractivity contribution in [2.24, 2.45) is 11.8 Å². The normalized spacial score (nSPS) is 13.0. The SMILES string of the molecule is C=CCCCCCCCCCC(C)C(C)C. The summed E-state index contributed by atoms with van der Waals surface area (Å²) in [7, 11) is 0. The van der Waals surface area contributed by atoms with Gasteiger partial charge in [-0.3, -0.25) is 0 Å². The minimum absolute atomic E-state index is 0.860. The van der Waals surface area contributed by atoms with Crippen LogP contribution in [-0.2, 0) is 0 Å². The lowest BCUT2D eigenvalue weighted by Crippen LogP contribution is -2.03. The zero-order chi connectivity index (χ0) is 12.2. The van der Waals surface area contributed by atoms with E-state index in [1.54, 1.807) is 0 Å². The van der Waals surface area contributed by atoms with Crippen molar-refractivity contribution in [1.82, 2.24) is 0 Å². The third kappa shape index (κ3) is 10.3. The first-order valence-electron chi connectivity index (χ1n) is 7.29. The number of rotatable bonds is 11. The zero-order valence-electron chi connectivity index (χ0n) is 11.8. The summed E-state index contributed by atoms with van der Waals surface area (Å²) in [5.74, 6) is 1.77. The third-order valence-corrected chi connectivity index (χ3v) is 3.71. The van der Waals surface area contributed by atoms with Crippen molar-refractivity contribution in [3.63, 3.8) is 0 Å². The summed E-state index contributed by atoms with van der Waals surface area (Å²) in [6.45, 7) is 10.8. The lowest BCUT2D eigenvalue weighted by atomic mass is 9.92. The predicted octanol–water partition coefficient (Wildman–Crippen LogP) is 5.98. The maximum atomic E-state index is 3.75. The van der Waals surface area contributed by atoms with Crippen LogP contribution < -0.4 is 0 Å². The van der Waals surface area contributed by atoms with Crippen LogP contribution in [0.15, 0.2) is 12.7 Å². The molecule has 96 valence electrons. The van der Waals surface area contributed by atoms with Crippen LogP contribution in [0.3, 0.4) is 0 Å². The van der Waals surface area contributed by atoms with Crippen LogP contribution in [-0.4, -0.2) is 0 Å². The molecule has 0 saturated carbocycles. The van der Waals surface area contributed by atoms with Gasteiger partial charge in [0.15, 0.2) is 0 Å². The molecular formula is C16H32. The maximum Gasteiger partial charge on any atom is -0.0353 e. The van der Waals surface area contributed by atoms with Gasteiger partial charge < -0.3 is 0 Å². The van der Waals surface area contributed by atoms with Gasteiger partial charge in [-0.2, -0.15) is 0 Å². The predicted molar refractivity (Wildman–Crippen MR) is 75.8 cm³/mol. The molecule has 0 aromatic rings. The molecule has 0 N–H and O–H groups in total. The fraction of sp³-hybridized carbons (Fsp3) is 0.875. The van der Waals surface area contributed by atoms with E-state index in [4.69, 9.17) is 0 Å². The molecule has 16 heavy (non-hydrogen) atoms. The highest BCUT2D eigenvalue weighted by Crippen LogP contribution is 2.18. The van der Waals surface area contributed by atoms with Gasteiger partial charge in [-0.25, -0.2) is 0 Å². The fourth-order valence-corrected chi connectivity index (χ4v) is 1.97. The molecule has 0 fully saturated rings. The Morgan fingerprint density at radius 2 is 1.31 bits per heavy atom. The van der Waals surface area contributed by atoms with Crippen LogP contribution in [0, 0.1) is 11.8 Å². The van der Waals surface area contributed by atoms with Crippen LogP contribution in [0.5, 0.6) is 0 Å². The van der Waals surface area contributed by atoms with Gasteiger partial charge in [-0.05, 0) is 24.7 Å². The second-order valence-electron chi connectivity index (χ2n) is 5.56. The minimum Gasteiger partial charge on any atom is -0.103 e. The van der Waals surface area contributed by atoms with Crippen molar-refractivity contribution in [3.05, 3.63) is 12.7 Å². The number of hydrogen-bond acceptors (Lipinski definition) is 0. The van der Waals surface area contributed by atoms with Crippen LogP contribution in [0.25, 0.3) is 0 Å². The number of hydrogen-bond donors (Lipinski definition) is 0. The molecule has 1 unspecified atom stereocenters. The lowest BCUT2D eigenvalue weighted by molar-refractivity contribution is 0.374. The monoisotopic (exact) mass is 224 g/mol. The average molecular weight is 224 g/mol. The smallest absolute Gasteiger partial charge is 0.0353 e. The third-order valence-electron chi connectivity index (χ3n) is 3.71. The molecule has 0 heteroatoms. The summed E-state index contributed by atoms with van der Waals surface area (Å²) < 4.78 is 0. The molecule has 0 heterocycles. The molecule has 0 bridgehead atoms. The highest BCUT2D eigenvalue weighted by molar-refractivity contribution is 4.65. The molecule has 0 aliphatic heterocycles. The Bertz CT molecular complexity index is 146. The van der Waals surface area contributed by atoms with E-state index in [9.17, 15) is 0 Å². The molecule has 0 saturated heterocycles. The first-order chi connectivity index (χ1) is 7.68. The molecule has 0 aromatic heterocycles. The first kappa shape index (κ1) is 15.7. The quantitative estimate of drug-likeness (QED) is 0.299. The minimum atomic E-state index is 0.860. The van der Waals surface area contributed by atoms with Gasteiger partial charge in [-0.1, -0.05) is 71.8 Å². The Kier molecular flexibility index (Phi) is 11.0. The Morgan fingerprint density at radius 1 is 0.812 bits per heavy atom. The lowest BCUT2D eigenvalue weighted by Gasteiger charge is -2.14. The second-order valence-corrected chi connectivity index (χ2v) is 5.56. The second kappa shape index (κ2) is 11.2. The van der Waals surface area contributed by atoms with E-state index in [0.29, 0.717) is 0 Å².